The molecule has 2 aliphatic rings. The largest absolute Gasteiger partial charge is 0.189 e. The predicted octanol–water partition coefficient (Wildman–Crippen LogP) is 1.75. The van der Waals surface area contributed by atoms with Gasteiger partial charge in [-0.25, -0.2) is 0 Å². The summed E-state index contributed by atoms with van der Waals surface area (Å²) in [4.78, 5) is 0. The zero-order valence-corrected chi connectivity index (χ0v) is 8.90. The van der Waals surface area contributed by atoms with Crippen LogP contribution in [0.15, 0.2) is 4.47 Å². The van der Waals surface area contributed by atoms with Crippen molar-refractivity contribution in [1.29, 1.82) is 0 Å². The minimum atomic E-state index is 0.694. The van der Waals surface area contributed by atoms with Gasteiger partial charge in [-0.2, -0.15) is 5.01 Å². The fourth-order valence-electron chi connectivity index (χ4n) is 2.78. The normalized spacial score (nSPS) is 39.0. The lowest BCUT2D eigenvalue weighted by atomic mass is 9.95. The molecular weight excluding hydrogens is 188 g/mol. The lowest BCUT2D eigenvalue weighted by molar-refractivity contribution is 0.187. The van der Waals surface area contributed by atoms with E-state index >= 15 is 0 Å². The molecule has 0 amide bonds. The summed E-state index contributed by atoms with van der Waals surface area (Å²) in [6.45, 7) is 0. The number of hydrogen-bond acceptors (Lipinski definition) is 2. The van der Waals surface area contributed by atoms with Gasteiger partial charge in [-0.1, -0.05) is 6.42 Å². The number of nitrogens with zero attached hydrogens (tertiary/aromatic N) is 2. The Morgan fingerprint density at radius 2 is 2.25 bits per heavy atom. The quantitative estimate of drug-likeness (QED) is 0.634. The molecular formula is C8H14N2S2. The molecule has 0 saturated heterocycles. The Balaban J connectivity index is 2.01. The van der Waals surface area contributed by atoms with Crippen LogP contribution in [-0.4, -0.2) is 18.1 Å². The van der Waals surface area contributed by atoms with E-state index in [4.69, 9.17) is 11.2 Å². The second kappa shape index (κ2) is 3.52. The molecule has 2 bridgehead atoms. The van der Waals surface area contributed by atoms with E-state index in [1.54, 1.807) is 0 Å². The van der Waals surface area contributed by atoms with Crippen LogP contribution >= 0.6 is 0 Å². The van der Waals surface area contributed by atoms with Crippen LogP contribution in [0.5, 0.6) is 0 Å². The lowest BCUT2D eigenvalue weighted by Gasteiger charge is -2.26. The summed E-state index contributed by atoms with van der Waals surface area (Å²) in [6, 6.07) is 0.694. The van der Waals surface area contributed by atoms with Crippen LogP contribution in [0, 0.1) is 11.8 Å². The Hall–Kier alpha value is 0.200. The third kappa shape index (κ3) is 1.47. The van der Waals surface area contributed by atoms with Crippen LogP contribution in [0.3, 0.4) is 0 Å². The zero-order chi connectivity index (χ0) is 8.55. The van der Waals surface area contributed by atoms with Crippen LogP contribution in [0.1, 0.15) is 25.7 Å². The highest BCUT2D eigenvalue weighted by molar-refractivity contribution is 8.12. The van der Waals surface area contributed by atoms with Gasteiger partial charge in [-0.15, -0.1) is 4.47 Å². The molecule has 0 aromatic heterocycles. The van der Waals surface area contributed by atoms with Crippen molar-refractivity contribution in [3.8, 4) is 0 Å². The molecule has 2 fully saturated rings. The van der Waals surface area contributed by atoms with Gasteiger partial charge in [0.25, 0.3) is 0 Å². The van der Waals surface area contributed by atoms with E-state index < -0.39 is 0 Å². The molecule has 0 spiro atoms. The van der Waals surface area contributed by atoms with Gasteiger partial charge in [-0.05, 0) is 31.1 Å². The zero-order valence-electron chi connectivity index (χ0n) is 7.27. The molecule has 2 saturated carbocycles. The maximum atomic E-state index is 4.76. The van der Waals surface area contributed by atoms with Gasteiger partial charge in [0.1, 0.15) is 0 Å². The SMILES string of the molecule is CN(N=S=S)C1CC2CCC1C2. The lowest BCUT2D eigenvalue weighted by Crippen LogP contribution is -2.31. The molecule has 2 nitrogen and oxygen atoms in total. The fraction of sp³-hybridized carbons (Fsp3) is 1.00. The molecule has 3 unspecified atom stereocenters. The first-order valence-electron chi connectivity index (χ1n) is 4.54. The molecule has 0 aliphatic heterocycles. The Morgan fingerprint density at radius 3 is 2.75 bits per heavy atom. The minimum absolute atomic E-state index is 0.694. The molecule has 3 atom stereocenters. The highest BCUT2D eigenvalue weighted by Gasteiger charge is 2.41. The summed E-state index contributed by atoms with van der Waals surface area (Å²) < 4.78 is 4.19. The average Bonchev–Trinajstić information content (AvgIpc) is 2.64. The van der Waals surface area contributed by atoms with Crippen molar-refractivity contribution in [2.45, 2.75) is 31.7 Å². The second-order valence-electron chi connectivity index (χ2n) is 3.97. The van der Waals surface area contributed by atoms with Gasteiger partial charge in [-0.3, -0.25) is 0 Å². The molecule has 68 valence electrons. The topological polar surface area (TPSA) is 15.6 Å². The molecule has 4 heteroatoms. The fourth-order valence-corrected chi connectivity index (χ4v) is 3.32. The average molecular weight is 202 g/mol. The maximum absolute atomic E-state index is 4.76. The molecule has 0 radical (unpaired) electrons. The summed E-state index contributed by atoms with van der Waals surface area (Å²) in [5.74, 6) is 1.90. The first-order chi connectivity index (χ1) is 5.81. The van der Waals surface area contributed by atoms with E-state index in [-0.39, 0.29) is 0 Å². The maximum Gasteiger partial charge on any atom is 0.0477 e. The van der Waals surface area contributed by atoms with Gasteiger partial charge in [0.05, 0.1) is 0 Å². The predicted molar refractivity (Wildman–Crippen MR) is 54.2 cm³/mol. The Kier molecular flexibility index (Phi) is 2.57. The van der Waals surface area contributed by atoms with Crippen molar-refractivity contribution in [3.63, 3.8) is 0 Å². The molecule has 2 aliphatic carbocycles. The van der Waals surface area contributed by atoms with E-state index in [9.17, 15) is 0 Å². The highest BCUT2D eigenvalue weighted by Crippen LogP contribution is 2.46. The number of fused-ring (bicyclic) bond motifs is 2. The van der Waals surface area contributed by atoms with Gasteiger partial charge < -0.3 is 0 Å². The third-order valence-electron chi connectivity index (χ3n) is 3.34. The molecule has 0 heterocycles. The van der Waals surface area contributed by atoms with E-state index in [1.165, 1.54) is 25.7 Å². The smallest absolute Gasteiger partial charge is 0.0477 e. The van der Waals surface area contributed by atoms with Crippen molar-refractivity contribution in [2.24, 2.45) is 16.3 Å². The summed E-state index contributed by atoms with van der Waals surface area (Å²) in [5.41, 5.74) is 0. The van der Waals surface area contributed by atoms with Gasteiger partial charge in [0, 0.05) is 34.4 Å². The minimum Gasteiger partial charge on any atom is -0.189 e. The summed E-state index contributed by atoms with van der Waals surface area (Å²) in [6.07, 6.45) is 5.65. The van der Waals surface area contributed by atoms with Crippen LogP contribution in [0.4, 0.5) is 0 Å². The van der Waals surface area contributed by atoms with Crippen molar-refractivity contribution < 1.29 is 0 Å². The van der Waals surface area contributed by atoms with E-state index in [0.29, 0.717) is 6.04 Å². The number of rotatable bonds is 2. The Bertz CT molecular complexity index is 225. The summed E-state index contributed by atoms with van der Waals surface area (Å²) in [5, 5.41) is 2.08. The molecule has 0 N–H and O–H groups in total. The summed E-state index contributed by atoms with van der Waals surface area (Å²) in [7, 11) is 3.22. The Labute approximate surface area is 81.7 Å². The summed E-state index contributed by atoms with van der Waals surface area (Å²) >= 11 is 4.76. The van der Waals surface area contributed by atoms with E-state index in [2.05, 4.69) is 16.5 Å². The second-order valence-corrected chi connectivity index (χ2v) is 4.73. The van der Waals surface area contributed by atoms with Crippen LogP contribution < -0.4 is 0 Å². The first-order valence-corrected chi connectivity index (χ1v) is 6.24. The van der Waals surface area contributed by atoms with E-state index in [0.717, 1.165) is 22.0 Å². The van der Waals surface area contributed by atoms with Crippen LogP contribution in [0.2, 0.25) is 0 Å². The number of hydrogen-bond donors (Lipinski definition) is 0. The molecule has 0 aromatic carbocycles. The molecule has 12 heavy (non-hydrogen) atoms. The molecule has 0 aromatic rings. The van der Waals surface area contributed by atoms with Gasteiger partial charge in [0.2, 0.25) is 0 Å². The van der Waals surface area contributed by atoms with Crippen molar-refractivity contribution in [3.05, 3.63) is 0 Å². The van der Waals surface area contributed by atoms with E-state index in [1.807, 2.05) is 0 Å². The van der Waals surface area contributed by atoms with Crippen LogP contribution in [0.25, 0.3) is 0 Å². The Morgan fingerprint density at radius 1 is 1.42 bits per heavy atom. The van der Waals surface area contributed by atoms with Gasteiger partial charge in [0.15, 0.2) is 0 Å². The van der Waals surface area contributed by atoms with Crippen molar-refractivity contribution in [1.82, 2.24) is 5.01 Å². The van der Waals surface area contributed by atoms with Crippen molar-refractivity contribution >= 4 is 21.3 Å². The standard InChI is InChI=1S/C8H14N2S2/c1-10(9-12-11)8-5-6-2-3-7(8)4-6/h6-8H,2-5H2,1H3. The van der Waals surface area contributed by atoms with Gasteiger partial charge >= 0.3 is 0 Å². The van der Waals surface area contributed by atoms with Crippen LogP contribution in [-0.2, 0) is 21.3 Å². The third-order valence-corrected chi connectivity index (χ3v) is 3.87. The highest BCUT2D eigenvalue weighted by atomic mass is 32.8. The first kappa shape index (κ1) is 8.78. The van der Waals surface area contributed by atoms with Crippen molar-refractivity contribution in [2.75, 3.05) is 7.05 Å². The monoisotopic (exact) mass is 202 g/mol. The molecule has 2 rings (SSSR count).